The van der Waals surface area contributed by atoms with E-state index in [1.54, 1.807) is 6.07 Å². The van der Waals surface area contributed by atoms with Gasteiger partial charge in [-0.05, 0) is 24.1 Å². The fourth-order valence-electron chi connectivity index (χ4n) is 2.09. The van der Waals surface area contributed by atoms with Gasteiger partial charge in [-0.2, -0.15) is 0 Å². The third-order valence-electron chi connectivity index (χ3n) is 3.14. The van der Waals surface area contributed by atoms with Gasteiger partial charge in [0.25, 0.3) is 0 Å². The highest BCUT2D eigenvalue weighted by Crippen LogP contribution is 2.23. The van der Waals surface area contributed by atoms with Gasteiger partial charge in [0.05, 0.1) is 24.6 Å². The van der Waals surface area contributed by atoms with Crippen molar-refractivity contribution in [1.29, 1.82) is 0 Å². The van der Waals surface area contributed by atoms with Crippen molar-refractivity contribution in [1.82, 2.24) is 4.98 Å². The van der Waals surface area contributed by atoms with Crippen LogP contribution in [0.25, 0.3) is 0 Å². The molecule has 1 aromatic heterocycles. The van der Waals surface area contributed by atoms with Crippen LogP contribution in [0.3, 0.4) is 0 Å². The Bertz CT molecular complexity index is 641. The lowest BCUT2D eigenvalue weighted by molar-refractivity contribution is 0.0602. The summed E-state index contributed by atoms with van der Waals surface area (Å²) in [7, 11) is 1.33. The minimum Gasteiger partial charge on any atom is -0.465 e. The molecule has 2 rings (SSSR count). The van der Waals surface area contributed by atoms with E-state index in [4.69, 9.17) is 10.5 Å². The monoisotopic (exact) mass is 285 g/mol. The number of pyridine rings is 1. The summed E-state index contributed by atoms with van der Waals surface area (Å²) >= 11 is 0. The second-order valence-electron chi connectivity index (χ2n) is 4.68. The first-order valence-electron chi connectivity index (χ1n) is 6.84. The van der Waals surface area contributed by atoms with Gasteiger partial charge >= 0.3 is 5.97 Å². The quantitative estimate of drug-likeness (QED) is 0.825. The molecule has 21 heavy (non-hydrogen) atoms. The Kier molecular flexibility index (Phi) is 4.77. The van der Waals surface area contributed by atoms with Gasteiger partial charge in [0.15, 0.2) is 0 Å². The molecule has 1 aromatic carbocycles. The van der Waals surface area contributed by atoms with Gasteiger partial charge in [0.1, 0.15) is 5.82 Å². The topological polar surface area (TPSA) is 77.2 Å². The van der Waals surface area contributed by atoms with E-state index >= 15 is 0 Å². The number of nitrogen functional groups attached to an aromatic ring is 1. The fourth-order valence-corrected chi connectivity index (χ4v) is 2.09. The number of methoxy groups -OCH3 is 1. The molecule has 0 saturated heterocycles. The number of nitrogens with two attached hydrogens (primary N) is 1. The number of nitrogens with one attached hydrogen (secondary N) is 1. The van der Waals surface area contributed by atoms with Gasteiger partial charge in [-0.3, -0.25) is 0 Å². The molecular formula is C16H19N3O2. The Morgan fingerprint density at radius 1 is 1.38 bits per heavy atom. The van der Waals surface area contributed by atoms with Gasteiger partial charge < -0.3 is 15.8 Å². The summed E-state index contributed by atoms with van der Waals surface area (Å²) < 4.78 is 4.71. The van der Waals surface area contributed by atoms with E-state index in [0.29, 0.717) is 17.1 Å². The fraction of sp³-hybridized carbons (Fsp3) is 0.250. The molecular weight excluding hydrogens is 266 g/mol. The van der Waals surface area contributed by atoms with Gasteiger partial charge in [-0.15, -0.1) is 0 Å². The number of hydrogen-bond donors (Lipinski definition) is 2. The third kappa shape index (κ3) is 3.51. The summed E-state index contributed by atoms with van der Waals surface area (Å²) in [6.45, 7) is 2.13. The van der Waals surface area contributed by atoms with Crippen molar-refractivity contribution in [2.75, 3.05) is 18.2 Å². The molecule has 0 atom stereocenters. The van der Waals surface area contributed by atoms with Crippen LogP contribution in [-0.4, -0.2) is 18.1 Å². The van der Waals surface area contributed by atoms with Gasteiger partial charge in [-0.25, -0.2) is 9.78 Å². The van der Waals surface area contributed by atoms with Gasteiger partial charge in [0, 0.05) is 5.69 Å². The molecule has 0 aliphatic heterocycles. The first-order chi connectivity index (χ1) is 10.2. The molecule has 5 heteroatoms. The zero-order valence-electron chi connectivity index (χ0n) is 12.2. The molecule has 0 unspecified atom stereocenters. The maximum absolute atomic E-state index is 11.7. The molecule has 0 spiro atoms. The second kappa shape index (κ2) is 6.74. The highest BCUT2D eigenvalue weighted by molar-refractivity contribution is 5.95. The van der Waals surface area contributed by atoms with E-state index < -0.39 is 5.97 Å². The number of anilines is 3. The van der Waals surface area contributed by atoms with E-state index in [1.165, 1.54) is 18.9 Å². The van der Waals surface area contributed by atoms with E-state index in [-0.39, 0.29) is 0 Å². The van der Waals surface area contributed by atoms with Crippen molar-refractivity contribution in [3.63, 3.8) is 0 Å². The summed E-state index contributed by atoms with van der Waals surface area (Å²) in [5.41, 5.74) is 8.54. The van der Waals surface area contributed by atoms with Crippen molar-refractivity contribution in [2.24, 2.45) is 0 Å². The normalized spacial score (nSPS) is 10.2. The summed E-state index contributed by atoms with van der Waals surface area (Å²) in [6, 6.07) is 9.63. The number of para-hydroxylation sites is 1. The predicted molar refractivity (Wildman–Crippen MR) is 83.7 cm³/mol. The molecule has 2 aromatic rings. The minimum atomic E-state index is -0.472. The lowest BCUT2D eigenvalue weighted by atomic mass is 10.1. The van der Waals surface area contributed by atoms with Crippen molar-refractivity contribution in [3.8, 4) is 0 Å². The number of hydrogen-bond acceptors (Lipinski definition) is 5. The zero-order valence-corrected chi connectivity index (χ0v) is 12.2. The number of benzene rings is 1. The van der Waals surface area contributed by atoms with Crippen LogP contribution in [0.1, 0.15) is 29.3 Å². The molecule has 0 aliphatic carbocycles. The number of esters is 1. The SMILES string of the molecule is CCCc1ccccc1Nc1cc(C(=O)OC)c(N)cn1. The number of carbonyl (C=O) groups is 1. The lowest BCUT2D eigenvalue weighted by Crippen LogP contribution is -2.08. The zero-order chi connectivity index (χ0) is 15.2. The molecule has 1 heterocycles. The summed E-state index contributed by atoms with van der Waals surface area (Å²) in [4.78, 5) is 15.9. The highest BCUT2D eigenvalue weighted by atomic mass is 16.5. The smallest absolute Gasteiger partial charge is 0.340 e. The Hall–Kier alpha value is -2.56. The predicted octanol–water partition coefficient (Wildman–Crippen LogP) is 3.15. The first-order valence-corrected chi connectivity index (χ1v) is 6.84. The molecule has 3 N–H and O–H groups in total. The van der Waals surface area contributed by atoms with Crippen LogP contribution in [0.15, 0.2) is 36.5 Å². The van der Waals surface area contributed by atoms with Crippen LogP contribution in [-0.2, 0) is 11.2 Å². The first kappa shape index (κ1) is 14.8. The van der Waals surface area contributed by atoms with E-state index in [2.05, 4.69) is 23.3 Å². The molecule has 0 amide bonds. The summed E-state index contributed by atoms with van der Waals surface area (Å²) in [5.74, 6) is 0.0907. The Morgan fingerprint density at radius 3 is 2.86 bits per heavy atom. The van der Waals surface area contributed by atoms with E-state index in [1.807, 2.05) is 18.2 Å². The highest BCUT2D eigenvalue weighted by Gasteiger charge is 2.12. The maximum atomic E-state index is 11.7. The number of ether oxygens (including phenoxy) is 1. The Labute approximate surface area is 124 Å². The van der Waals surface area contributed by atoms with E-state index in [9.17, 15) is 4.79 Å². The number of carbonyl (C=O) groups excluding carboxylic acids is 1. The molecule has 0 radical (unpaired) electrons. The van der Waals surface area contributed by atoms with Crippen molar-refractivity contribution in [3.05, 3.63) is 47.7 Å². The molecule has 0 bridgehead atoms. The van der Waals surface area contributed by atoms with Gasteiger partial charge in [-0.1, -0.05) is 31.5 Å². The minimum absolute atomic E-state index is 0.300. The van der Waals surface area contributed by atoms with Crippen molar-refractivity contribution < 1.29 is 9.53 Å². The standard InChI is InChI=1S/C16H19N3O2/c1-3-6-11-7-4-5-8-14(11)19-15-9-12(16(20)21-2)13(17)10-18-15/h4-5,7-10H,3,6,17H2,1-2H3,(H,18,19). The van der Waals surface area contributed by atoms with Crippen LogP contribution in [0.2, 0.25) is 0 Å². The average Bonchev–Trinajstić information content (AvgIpc) is 2.50. The van der Waals surface area contributed by atoms with Crippen LogP contribution in [0.5, 0.6) is 0 Å². The second-order valence-corrected chi connectivity index (χ2v) is 4.68. The van der Waals surface area contributed by atoms with Crippen molar-refractivity contribution in [2.45, 2.75) is 19.8 Å². The summed E-state index contributed by atoms with van der Waals surface area (Å²) in [6.07, 6.45) is 3.49. The Balaban J connectivity index is 2.30. The lowest BCUT2D eigenvalue weighted by Gasteiger charge is -2.12. The maximum Gasteiger partial charge on any atom is 0.340 e. The van der Waals surface area contributed by atoms with Crippen LogP contribution in [0, 0.1) is 0 Å². The summed E-state index contributed by atoms with van der Waals surface area (Å²) in [5, 5.41) is 3.23. The molecule has 0 fully saturated rings. The number of aromatic nitrogens is 1. The average molecular weight is 285 g/mol. The molecule has 5 nitrogen and oxygen atoms in total. The molecule has 110 valence electrons. The number of aryl methyl sites for hydroxylation is 1. The number of nitrogens with zero attached hydrogens (tertiary/aromatic N) is 1. The number of rotatable bonds is 5. The van der Waals surface area contributed by atoms with Gasteiger partial charge in [0.2, 0.25) is 0 Å². The Morgan fingerprint density at radius 2 is 2.14 bits per heavy atom. The van der Waals surface area contributed by atoms with Crippen molar-refractivity contribution >= 4 is 23.2 Å². The van der Waals surface area contributed by atoms with Crippen LogP contribution in [0.4, 0.5) is 17.2 Å². The molecule has 0 saturated carbocycles. The third-order valence-corrected chi connectivity index (χ3v) is 3.14. The molecule has 0 aliphatic rings. The largest absolute Gasteiger partial charge is 0.465 e. The van der Waals surface area contributed by atoms with Crippen LogP contribution < -0.4 is 11.1 Å². The van der Waals surface area contributed by atoms with E-state index in [0.717, 1.165) is 18.5 Å². The van der Waals surface area contributed by atoms with Crippen LogP contribution >= 0.6 is 0 Å².